The number of rotatable bonds is 2. The Morgan fingerprint density at radius 1 is 1.60 bits per heavy atom. The van der Waals surface area contributed by atoms with E-state index >= 15 is 0 Å². The van der Waals surface area contributed by atoms with Gasteiger partial charge in [-0.1, -0.05) is 0 Å². The number of hydrogen-bond donors (Lipinski definition) is 0. The fourth-order valence-electron chi connectivity index (χ4n) is 0.599. The highest BCUT2D eigenvalue weighted by atomic mass is 127. The van der Waals surface area contributed by atoms with E-state index in [0.717, 1.165) is 5.75 Å². The van der Waals surface area contributed by atoms with Crippen molar-refractivity contribution < 1.29 is 4.74 Å². The molecule has 0 atom stereocenters. The number of hydrogen-bond acceptors (Lipinski definition) is 2. The highest BCUT2D eigenvalue weighted by molar-refractivity contribution is 14.0. The molecule has 1 aromatic rings. The van der Waals surface area contributed by atoms with Gasteiger partial charge in [-0.3, -0.25) is 4.98 Å². The van der Waals surface area contributed by atoms with Crippen LogP contribution in [0.1, 0.15) is 6.92 Å². The maximum atomic E-state index is 5.14. The molecule has 0 fully saturated rings. The Morgan fingerprint density at radius 2 is 2.40 bits per heavy atom. The molecule has 1 rings (SSSR count). The Bertz CT molecular complexity index is 167. The van der Waals surface area contributed by atoms with Crippen LogP contribution in [0.2, 0.25) is 0 Å². The SMILES string of the molecule is CCOc1cccnc1.I. The molecule has 0 radical (unpaired) electrons. The molecular formula is C7H10INO. The Labute approximate surface area is 77.6 Å². The second-order valence-corrected chi connectivity index (χ2v) is 1.62. The molecule has 0 aliphatic rings. The summed E-state index contributed by atoms with van der Waals surface area (Å²) in [4.78, 5) is 3.88. The van der Waals surface area contributed by atoms with Crippen LogP contribution < -0.4 is 4.74 Å². The molecule has 0 aromatic carbocycles. The van der Waals surface area contributed by atoms with Gasteiger partial charge in [0, 0.05) is 6.20 Å². The standard InChI is InChI=1S/C7H9NO.HI/c1-2-9-7-4-3-5-8-6-7;/h3-6H,2H2,1H3;1H. The van der Waals surface area contributed by atoms with Crippen LogP contribution in [0.3, 0.4) is 0 Å². The average molecular weight is 251 g/mol. The van der Waals surface area contributed by atoms with Gasteiger partial charge < -0.3 is 4.74 Å². The number of pyridine rings is 1. The second-order valence-electron chi connectivity index (χ2n) is 1.62. The van der Waals surface area contributed by atoms with Gasteiger partial charge in [-0.15, -0.1) is 24.0 Å². The van der Waals surface area contributed by atoms with Crippen LogP contribution in [0.25, 0.3) is 0 Å². The van der Waals surface area contributed by atoms with Gasteiger partial charge in [-0.25, -0.2) is 0 Å². The molecule has 0 saturated carbocycles. The van der Waals surface area contributed by atoms with Crippen LogP contribution in [0.4, 0.5) is 0 Å². The molecular weight excluding hydrogens is 241 g/mol. The first-order valence-corrected chi connectivity index (χ1v) is 2.96. The molecule has 0 amide bonds. The van der Waals surface area contributed by atoms with Crippen LogP contribution in [0.5, 0.6) is 5.75 Å². The minimum absolute atomic E-state index is 0. The largest absolute Gasteiger partial charge is 0.492 e. The van der Waals surface area contributed by atoms with Crippen LogP contribution in [0, 0.1) is 0 Å². The van der Waals surface area contributed by atoms with E-state index in [0.29, 0.717) is 6.61 Å². The highest BCUT2D eigenvalue weighted by Gasteiger charge is 1.84. The lowest BCUT2D eigenvalue weighted by atomic mass is 10.5. The molecule has 0 aliphatic heterocycles. The predicted molar refractivity (Wildman–Crippen MR) is 50.8 cm³/mol. The summed E-state index contributed by atoms with van der Waals surface area (Å²) in [7, 11) is 0. The minimum Gasteiger partial charge on any atom is -0.492 e. The first-order valence-electron chi connectivity index (χ1n) is 2.96. The van der Waals surface area contributed by atoms with Crippen molar-refractivity contribution in [1.29, 1.82) is 0 Å². The lowest BCUT2D eigenvalue weighted by Crippen LogP contribution is -1.90. The fraction of sp³-hybridized carbons (Fsp3) is 0.286. The number of nitrogens with zero attached hydrogens (tertiary/aromatic N) is 1. The van der Waals surface area contributed by atoms with Crippen molar-refractivity contribution in [2.24, 2.45) is 0 Å². The van der Waals surface area contributed by atoms with Gasteiger partial charge in [0.1, 0.15) is 5.75 Å². The first-order chi connectivity index (χ1) is 4.43. The number of halogens is 1. The van der Waals surface area contributed by atoms with E-state index in [1.807, 2.05) is 19.1 Å². The molecule has 0 spiro atoms. The lowest BCUT2D eigenvalue weighted by Gasteiger charge is -1.98. The molecule has 0 aliphatic carbocycles. The van der Waals surface area contributed by atoms with E-state index in [1.165, 1.54) is 0 Å². The van der Waals surface area contributed by atoms with Gasteiger partial charge >= 0.3 is 0 Å². The molecule has 0 N–H and O–H groups in total. The number of ether oxygens (including phenoxy) is 1. The average Bonchev–Trinajstić information content (AvgIpc) is 1.91. The fourth-order valence-corrected chi connectivity index (χ4v) is 0.599. The molecule has 1 aromatic heterocycles. The first kappa shape index (κ1) is 9.68. The van der Waals surface area contributed by atoms with Gasteiger partial charge in [-0.05, 0) is 19.1 Å². The Kier molecular flexibility index (Phi) is 5.29. The van der Waals surface area contributed by atoms with E-state index in [1.54, 1.807) is 12.4 Å². The smallest absolute Gasteiger partial charge is 0.137 e. The molecule has 56 valence electrons. The Hall–Kier alpha value is -0.320. The van der Waals surface area contributed by atoms with Gasteiger partial charge in [-0.2, -0.15) is 0 Å². The van der Waals surface area contributed by atoms with E-state index in [2.05, 4.69) is 4.98 Å². The maximum Gasteiger partial charge on any atom is 0.137 e. The molecule has 1 heterocycles. The quantitative estimate of drug-likeness (QED) is 0.751. The van der Waals surface area contributed by atoms with Crippen molar-refractivity contribution >= 4 is 24.0 Å². The molecule has 0 unspecified atom stereocenters. The summed E-state index contributed by atoms with van der Waals surface area (Å²) in [6.07, 6.45) is 3.42. The molecule has 2 nitrogen and oxygen atoms in total. The molecule has 0 bridgehead atoms. The van der Waals surface area contributed by atoms with Crippen molar-refractivity contribution in [1.82, 2.24) is 4.98 Å². The van der Waals surface area contributed by atoms with Crippen LogP contribution >= 0.6 is 24.0 Å². The van der Waals surface area contributed by atoms with Crippen LogP contribution in [0.15, 0.2) is 24.5 Å². The third kappa shape index (κ3) is 3.00. The van der Waals surface area contributed by atoms with E-state index < -0.39 is 0 Å². The van der Waals surface area contributed by atoms with Crippen molar-refractivity contribution in [2.75, 3.05) is 6.61 Å². The number of aromatic nitrogens is 1. The summed E-state index contributed by atoms with van der Waals surface area (Å²) in [6.45, 7) is 2.65. The zero-order valence-electron chi connectivity index (χ0n) is 5.78. The van der Waals surface area contributed by atoms with Gasteiger partial charge in [0.15, 0.2) is 0 Å². The summed E-state index contributed by atoms with van der Waals surface area (Å²) in [5.74, 6) is 0.833. The summed E-state index contributed by atoms with van der Waals surface area (Å²) in [5, 5.41) is 0. The van der Waals surface area contributed by atoms with Gasteiger partial charge in [0.2, 0.25) is 0 Å². The van der Waals surface area contributed by atoms with Crippen LogP contribution in [-0.4, -0.2) is 11.6 Å². The van der Waals surface area contributed by atoms with E-state index in [9.17, 15) is 0 Å². The third-order valence-electron chi connectivity index (χ3n) is 0.945. The summed E-state index contributed by atoms with van der Waals surface area (Å²) in [5.41, 5.74) is 0. The molecule has 0 saturated heterocycles. The normalized spacial score (nSPS) is 8.10. The van der Waals surface area contributed by atoms with Crippen molar-refractivity contribution in [3.05, 3.63) is 24.5 Å². The molecule has 3 heteroatoms. The zero-order valence-corrected chi connectivity index (χ0v) is 8.11. The third-order valence-corrected chi connectivity index (χ3v) is 0.945. The second kappa shape index (κ2) is 5.46. The highest BCUT2D eigenvalue weighted by Crippen LogP contribution is 2.04. The Morgan fingerprint density at radius 3 is 2.90 bits per heavy atom. The summed E-state index contributed by atoms with van der Waals surface area (Å²) in [6, 6.07) is 3.74. The van der Waals surface area contributed by atoms with Crippen molar-refractivity contribution in [3.63, 3.8) is 0 Å². The zero-order chi connectivity index (χ0) is 6.53. The van der Waals surface area contributed by atoms with E-state index in [4.69, 9.17) is 4.74 Å². The van der Waals surface area contributed by atoms with Crippen LogP contribution in [-0.2, 0) is 0 Å². The van der Waals surface area contributed by atoms with Gasteiger partial charge in [0.25, 0.3) is 0 Å². The Balaban J connectivity index is 0.000000810. The molecule has 10 heavy (non-hydrogen) atoms. The minimum atomic E-state index is 0. The maximum absolute atomic E-state index is 5.14. The summed E-state index contributed by atoms with van der Waals surface area (Å²) < 4.78 is 5.14. The topological polar surface area (TPSA) is 22.1 Å². The summed E-state index contributed by atoms with van der Waals surface area (Å²) >= 11 is 0. The van der Waals surface area contributed by atoms with E-state index in [-0.39, 0.29) is 24.0 Å². The predicted octanol–water partition coefficient (Wildman–Crippen LogP) is 2.10. The van der Waals surface area contributed by atoms with Crippen molar-refractivity contribution in [3.8, 4) is 5.75 Å². The lowest BCUT2D eigenvalue weighted by molar-refractivity contribution is 0.339. The van der Waals surface area contributed by atoms with Gasteiger partial charge in [0.05, 0.1) is 12.8 Å². The van der Waals surface area contributed by atoms with Crippen molar-refractivity contribution in [2.45, 2.75) is 6.92 Å². The monoisotopic (exact) mass is 251 g/mol.